The Morgan fingerprint density at radius 1 is 1.38 bits per heavy atom. The predicted octanol–water partition coefficient (Wildman–Crippen LogP) is 1.62. The predicted molar refractivity (Wildman–Crippen MR) is 114 cm³/mol. The summed E-state index contributed by atoms with van der Waals surface area (Å²) in [5.74, 6) is 0.810. The van der Waals surface area contributed by atoms with Crippen molar-refractivity contribution in [1.82, 2.24) is 25.0 Å². The number of piperazine rings is 1. The van der Waals surface area contributed by atoms with E-state index in [9.17, 15) is 4.79 Å². The average molecular weight is 489 g/mol. The number of aryl methyl sites for hydroxylation is 2. The Balaban J connectivity index is 0.00000243. The number of rotatable bonds is 4. The van der Waals surface area contributed by atoms with Crippen molar-refractivity contribution in [1.29, 1.82) is 0 Å². The number of hydrogen-bond donors (Lipinski definition) is 1. The molecule has 3 heterocycles. The molecule has 0 saturated carbocycles. The molecule has 0 bridgehead atoms. The molecular weight excluding hydrogens is 465 g/mol. The summed E-state index contributed by atoms with van der Waals surface area (Å²) < 4.78 is 1.70. The van der Waals surface area contributed by atoms with Crippen LogP contribution < -0.4 is 10.2 Å². The van der Waals surface area contributed by atoms with Gasteiger partial charge in [-0.3, -0.25) is 9.48 Å². The highest BCUT2D eigenvalue weighted by molar-refractivity contribution is 14.0. The van der Waals surface area contributed by atoms with Gasteiger partial charge in [0, 0.05) is 44.0 Å². The second-order valence-corrected chi connectivity index (χ2v) is 7.19. The van der Waals surface area contributed by atoms with Crippen LogP contribution in [0.2, 0.25) is 0 Å². The molecule has 0 radical (unpaired) electrons. The van der Waals surface area contributed by atoms with Gasteiger partial charge in [0.1, 0.15) is 11.6 Å². The molecule has 10 heteroatoms. The van der Waals surface area contributed by atoms with Crippen LogP contribution in [-0.2, 0) is 18.4 Å². The maximum absolute atomic E-state index is 12.6. The number of amides is 1. The topological polar surface area (TPSA) is 78.7 Å². The van der Waals surface area contributed by atoms with Crippen molar-refractivity contribution in [2.24, 2.45) is 12.0 Å². The first-order valence-electron chi connectivity index (χ1n) is 8.30. The lowest BCUT2D eigenvalue weighted by atomic mass is 10.3. The Bertz CT molecular complexity index is 772. The summed E-state index contributed by atoms with van der Waals surface area (Å²) in [7, 11) is 1.85. The quantitative estimate of drug-likeness (QED) is 0.401. The number of halogens is 1. The van der Waals surface area contributed by atoms with Gasteiger partial charge in [-0.2, -0.15) is 5.10 Å². The summed E-state index contributed by atoms with van der Waals surface area (Å²) >= 11 is 1.65. The van der Waals surface area contributed by atoms with Gasteiger partial charge < -0.3 is 15.1 Å². The molecule has 1 N–H and O–H groups in total. The second-order valence-electron chi connectivity index (χ2n) is 5.87. The maximum Gasteiger partial charge on any atom is 0.246 e. The van der Waals surface area contributed by atoms with Crippen LogP contribution in [0, 0.1) is 6.92 Å². The van der Waals surface area contributed by atoms with Gasteiger partial charge in [0.2, 0.25) is 5.91 Å². The van der Waals surface area contributed by atoms with Gasteiger partial charge in [0.25, 0.3) is 0 Å². The number of aliphatic imine (C=N–C) groups is 1. The highest BCUT2D eigenvalue weighted by Gasteiger charge is 2.27. The van der Waals surface area contributed by atoms with Gasteiger partial charge in [-0.15, -0.1) is 35.3 Å². The maximum atomic E-state index is 12.6. The van der Waals surface area contributed by atoms with E-state index in [-0.39, 0.29) is 29.9 Å². The van der Waals surface area contributed by atoms with Gasteiger partial charge in [-0.05, 0) is 13.8 Å². The number of anilines is 1. The van der Waals surface area contributed by atoms with E-state index in [2.05, 4.69) is 20.4 Å². The molecule has 2 aromatic rings. The number of thiazole rings is 1. The van der Waals surface area contributed by atoms with Crippen LogP contribution in [0.4, 0.5) is 5.69 Å². The normalized spacial score (nSPS) is 15.2. The lowest BCUT2D eigenvalue weighted by Crippen LogP contribution is -2.55. The van der Waals surface area contributed by atoms with Gasteiger partial charge >= 0.3 is 0 Å². The zero-order chi connectivity index (χ0) is 17.8. The summed E-state index contributed by atoms with van der Waals surface area (Å²) in [5.41, 5.74) is 0.840. The molecule has 142 valence electrons. The SMILES string of the molecule is CCNC(=NCc1ncc(C)s1)N1CCN(c2cnn(C)c2)C(=O)C1.I. The molecule has 2 aromatic heterocycles. The minimum Gasteiger partial charge on any atom is -0.356 e. The fraction of sp³-hybridized carbons (Fsp3) is 0.500. The third-order valence-corrected chi connectivity index (χ3v) is 4.79. The first-order valence-corrected chi connectivity index (χ1v) is 9.12. The number of carbonyl (C=O) groups is 1. The van der Waals surface area contributed by atoms with Crippen molar-refractivity contribution in [3.8, 4) is 0 Å². The number of nitrogens with zero attached hydrogens (tertiary/aromatic N) is 6. The smallest absolute Gasteiger partial charge is 0.246 e. The van der Waals surface area contributed by atoms with Crippen molar-refractivity contribution in [3.63, 3.8) is 0 Å². The van der Waals surface area contributed by atoms with Crippen LogP contribution in [-0.4, -0.2) is 57.7 Å². The monoisotopic (exact) mass is 489 g/mol. The summed E-state index contributed by atoms with van der Waals surface area (Å²) in [6.45, 7) is 6.99. The molecule has 26 heavy (non-hydrogen) atoms. The number of carbonyl (C=O) groups excluding carboxylic acids is 1. The molecule has 0 aliphatic carbocycles. The molecule has 0 unspecified atom stereocenters. The van der Waals surface area contributed by atoms with Crippen LogP contribution in [0.3, 0.4) is 0 Å². The van der Waals surface area contributed by atoms with Crippen LogP contribution in [0.25, 0.3) is 0 Å². The summed E-state index contributed by atoms with van der Waals surface area (Å²) in [6.07, 6.45) is 5.44. The van der Waals surface area contributed by atoms with Crippen molar-refractivity contribution < 1.29 is 4.79 Å². The van der Waals surface area contributed by atoms with E-state index in [1.807, 2.05) is 38.2 Å². The molecule has 1 aliphatic heterocycles. The zero-order valence-electron chi connectivity index (χ0n) is 15.2. The molecule has 1 amide bonds. The largest absolute Gasteiger partial charge is 0.356 e. The molecule has 0 aromatic carbocycles. The van der Waals surface area contributed by atoms with Crippen molar-refractivity contribution in [2.45, 2.75) is 20.4 Å². The van der Waals surface area contributed by atoms with E-state index in [4.69, 9.17) is 0 Å². The molecule has 8 nitrogen and oxygen atoms in total. The number of nitrogens with one attached hydrogen (secondary N) is 1. The van der Waals surface area contributed by atoms with E-state index in [0.29, 0.717) is 19.6 Å². The Morgan fingerprint density at radius 3 is 2.77 bits per heavy atom. The van der Waals surface area contributed by atoms with Crippen LogP contribution in [0.5, 0.6) is 0 Å². The fourth-order valence-corrected chi connectivity index (χ4v) is 3.43. The lowest BCUT2D eigenvalue weighted by Gasteiger charge is -2.35. The van der Waals surface area contributed by atoms with Crippen LogP contribution in [0.15, 0.2) is 23.6 Å². The van der Waals surface area contributed by atoms with Crippen LogP contribution >= 0.6 is 35.3 Å². The van der Waals surface area contributed by atoms with E-state index in [0.717, 1.165) is 29.7 Å². The molecule has 1 fully saturated rings. The number of aromatic nitrogens is 3. The first-order chi connectivity index (χ1) is 12.1. The highest BCUT2D eigenvalue weighted by Crippen LogP contribution is 2.16. The van der Waals surface area contributed by atoms with Gasteiger partial charge in [-0.25, -0.2) is 9.98 Å². The van der Waals surface area contributed by atoms with Gasteiger partial charge in [0.15, 0.2) is 5.96 Å². The molecular formula is C16H24IN7OS. The van der Waals surface area contributed by atoms with E-state index in [1.165, 1.54) is 4.88 Å². The number of guanidine groups is 1. The van der Waals surface area contributed by atoms with Crippen LogP contribution in [0.1, 0.15) is 16.8 Å². The van der Waals surface area contributed by atoms with E-state index < -0.39 is 0 Å². The van der Waals surface area contributed by atoms with Crippen molar-refractivity contribution in [3.05, 3.63) is 28.5 Å². The number of hydrogen-bond acceptors (Lipinski definition) is 5. The van der Waals surface area contributed by atoms with Gasteiger partial charge in [0.05, 0.1) is 18.4 Å². The lowest BCUT2D eigenvalue weighted by molar-refractivity contribution is -0.120. The van der Waals surface area contributed by atoms with Gasteiger partial charge in [-0.1, -0.05) is 0 Å². The summed E-state index contributed by atoms with van der Waals surface area (Å²) in [4.78, 5) is 26.5. The fourth-order valence-electron chi connectivity index (χ4n) is 2.72. The van der Waals surface area contributed by atoms with E-state index in [1.54, 1.807) is 27.1 Å². The Morgan fingerprint density at radius 2 is 2.19 bits per heavy atom. The Kier molecular flexibility index (Phi) is 7.38. The molecule has 0 atom stereocenters. The summed E-state index contributed by atoms with van der Waals surface area (Å²) in [5, 5.41) is 8.40. The van der Waals surface area contributed by atoms with Crippen molar-refractivity contribution >= 4 is 52.9 Å². The average Bonchev–Trinajstić information content (AvgIpc) is 3.19. The molecule has 3 rings (SSSR count). The summed E-state index contributed by atoms with van der Waals surface area (Å²) in [6, 6.07) is 0. The zero-order valence-corrected chi connectivity index (χ0v) is 18.3. The Hall–Kier alpha value is -1.69. The minimum atomic E-state index is 0. The Labute approximate surface area is 174 Å². The molecule has 1 aliphatic rings. The molecule has 1 saturated heterocycles. The van der Waals surface area contributed by atoms with Crippen molar-refractivity contribution in [2.75, 3.05) is 31.1 Å². The third kappa shape index (κ3) is 4.93. The van der Waals surface area contributed by atoms with E-state index >= 15 is 0 Å². The first kappa shape index (κ1) is 20.6. The third-order valence-electron chi connectivity index (χ3n) is 3.89. The minimum absolute atomic E-state index is 0. The molecule has 0 spiro atoms. The second kappa shape index (κ2) is 9.31. The highest BCUT2D eigenvalue weighted by atomic mass is 127. The standard InChI is InChI=1S/C16H23N7OS.HI/c1-4-17-16(19-9-14-18-7-12(2)25-14)22-5-6-23(15(24)11-22)13-8-20-21(3)10-13;/h7-8,10H,4-6,9,11H2,1-3H3,(H,17,19);1H.